The summed E-state index contributed by atoms with van der Waals surface area (Å²) in [6, 6.07) is 8.47. The molecular formula is C13H21NO2. The van der Waals surface area contributed by atoms with Gasteiger partial charge in [0.15, 0.2) is 0 Å². The largest absolute Gasteiger partial charge is 0.497 e. The molecule has 0 bridgehead atoms. The minimum atomic E-state index is 0.133. The van der Waals surface area contributed by atoms with Crippen molar-refractivity contribution < 1.29 is 9.47 Å². The molecule has 1 rings (SSSR count). The third-order valence-corrected chi connectivity index (χ3v) is 2.83. The van der Waals surface area contributed by atoms with E-state index in [2.05, 4.69) is 24.4 Å². The van der Waals surface area contributed by atoms with Crippen molar-refractivity contribution in [3.63, 3.8) is 0 Å². The predicted molar refractivity (Wildman–Crippen MR) is 65.9 cm³/mol. The van der Waals surface area contributed by atoms with Gasteiger partial charge in [0.2, 0.25) is 0 Å². The summed E-state index contributed by atoms with van der Waals surface area (Å²) < 4.78 is 10.6. The molecule has 2 atom stereocenters. The molecule has 0 saturated carbocycles. The van der Waals surface area contributed by atoms with Crippen molar-refractivity contribution in [2.24, 2.45) is 0 Å². The Bertz CT molecular complexity index is 297. The molecule has 2 unspecified atom stereocenters. The van der Waals surface area contributed by atoms with Crippen molar-refractivity contribution in [3.8, 4) is 5.75 Å². The van der Waals surface area contributed by atoms with Gasteiger partial charge in [0.25, 0.3) is 0 Å². The van der Waals surface area contributed by atoms with Gasteiger partial charge in [0, 0.05) is 13.2 Å². The van der Waals surface area contributed by atoms with Crippen molar-refractivity contribution in [3.05, 3.63) is 29.8 Å². The molecule has 0 aliphatic carbocycles. The van der Waals surface area contributed by atoms with Gasteiger partial charge in [-0.3, -0.25) is 0 Å². The maximum atomic E-state index is 5.50. The Morgan fingerprint density at radius 3 is 2.25 bits per heavy atom. The fraction of sp³-hybridized carbons (Fsp3) is 0.538. The molecule has 0 aliphatic heterocycles. The smallest absolute Gasteiger partial charge is 0.118 e. The molecule has 0 aliphatic rings. The van der Waals surface area contributed by atoms with Gasteiger partial charge >= 0.3 is 0 Å². The van der Waals surface area contributed by atoms with Crippen molar-refractivity contribution in [2.75, 3.05) is 21.3 Å². The van der Waals surface area contributed by atoms with Crippen LogP contribution in [-0.2, 0) is 4.74 Å². The molecule has 1 aromatic rings. The fourth-order valence-electron chi connectivity index (χ4n) is 1.63. The van der Waals surface area contributed by atoms with Crippen LogP contribution < -0.4 is 10.1 Å². The summed E-state index contributed by atoms with van der Waals surface area (Å²) in [6.45, 7) is 2.15. The Morgan fingerprint density at radius 2 is 1.81 bits per heavy atom. The molecule has 0 aromatic heterocycles. The van der Waals surface area contributed by atoms with E-state index in [1.807, 2.05) is 19.2 Å². The summed E-state index contributed by atoms with van der Waals surface area (Å²) in [5.41, 5.74) is 1.19. The minimum absolute atomic E-state index is 0.133. The zero-order chi connectivity index (χ0) is 12.0. The second-order valence-corrected chi connectivity index (χ2v) is 3.92. The molecular weight excluding hydrogens is 202 g/mol. The van der Waals surface area contributed by atoms with E-state index in [-0.39, 0.29) is 6.10 Å². The van der Waals surface area contributed by atoms with Crippen LogP contribution in [0.4, 0.5) is 0 Å². The Balaban J connectivity index is 2.70. The lowest BCUT2D eigenvalue weighted by Gasteiger charge is -2.20. The first-order valence-electron chi connectivity index (χ1n) is 5.55. The Labute approximate surface area is 97.8 Å². The fourth-order valence-corrected chi connectivity index (χ4v) is 1.63. The van der Waals surface area contributed by atoms with Crippen LogP contribution in [0.5, 0.6) is 5.75 Å². The van der Waals surface area contributed by atoms with E-state index in [9.17, 15) is 0 Å². The highest BCUT2D eigenvalue weighted by Crippen LogP contribution is 2.24. The van der Waals surface area contributed by atoms with Crippen LogP contribution in [-0.4, -0.2) is 27.3 Å². The number of nitrogens with one attached hydrogen (secondary N) is 1. The van der Waals surface area contributed by atoms with Crippen LogP contribution in [0.1, 0.15) is 25.0 Å². The highest BCUT2D eigenvalue weighted by molar-refractivity contribution is 5.28. The number of methoxy groups -OCH3 is 2. The van der Waals surface area contributed by atoms with Gasteiger partial charge in [-0.25, -0.2) is 0 Å². The molecule has 3 nitrogen and oxygen atoms in total. The van der Waals surface area contributed by atoms with Crippen LogP contribution in [0.15, 0.2) is 24.3 Å². The SMILES string of the molecule is CNC(C)CC(OC)c1ccc(OC)cc1. The zero-order valence-electron chi connectivity index (χ0n) is 10.5. The molecule has 0 radical (unpaired) electrons. The van der Waals surface area contributed by atoms with E-state index >= 15 is 0 Å². The molecule has 0 spiro atoms. The highest BCUT2D eigenvalue weighted by Gasteiger charge is 2.13. The molecule has 0 fully saturated rings. The lowest BCUT2D eigenvalue weighted by molar-refractivity contribution is 0.0880. The molecule has 1 N–H and O–H groups in total. The average molecular weight is 223 g/mol. The van der Waals surface area contributed by atoms with Crippen LogP contribution in [0.25, 0.3) is 0 Å². The van der Waals surface area contributed by atoms with Gasteiger partial charge in [0.05, 0.1) is 13.2 Å². The number of benzene rings is 1. The highest BCUT2D eigenvalue weighted by atomic mass is 16.5. The van der Waals surface area contributed by atoms with E-state index in [1.165, 1.54) is 5.56 Å². The van der Waals surface area contributed by atoms with Crippen molar-refractivity contribution in [1.29, 1.82) is 0 Å². The summed E-state index contributed by atoms with van der Waals surface area (Å²) in [5.74, 6) is 0.875. The third kappa shape index (κ3) is 3.51. The Hall–Kier alpha value is -1.06. The molecule has 0 amide bonds. The van der Waals surface area contributed by atoms with E-state index in [0.29, 0.717) is 6.04 Å². The molecule has 0 heterocycles. The predicted octanol–water partition coefficient (Wildman–Crippen LogP) is 2.38. The third-order valence-electron chi connectivity index (χ3n) is 2.83. The van der Waals surface area contributed by atoms with E-state index in [4.69, 9.17) is 9.47 Å². The van der Waals surface area contributed by atoms with Crippen LogP contribution >= 0.6 is 0 Å². The topological polar surface area (TPSA) is 30.5 Å². The zero-order valence-corrected chi connectivity index (χ0v) is 10.5. The molecule has 16 heavy (non-hydrogen) atoms. The Kier molecular flexibility index (Phi) is 5.29. The van der Waals surface area contributed by atoms with Crippen LogP contribution in [0.3, 0.4) is 0 Å². The lowest BCUT2D eigenvalue weighted by atomic mass is 10.0. The second kappa shape index (κ2) is 6.51. The molecule has 3 heteroatoms. The minimum Gasteiger partial charge on any atom is -0.497 e. The number of rotatable bonds is 6. The standard InChI is InChI=1S/C13H21NO2/c1-10(14-2)9-13(16-4)11-5-7-12(15-3)8-6-11/h5-8,10,13-14H,9H2,1-4H3. The maximum absolute atomic E-state index is 5.50. The van der Waals surface area contributed by atoms with E-state index < -0.39 is 0 Å². The number of ether oxygens (including phenoxy) is 2. The Morgan fingerprint density at radius 1 is 1.19 bits per heavy atom. The van der Waals surface area contributed by atoms with Gasteiger partial charge in [-0.2, -0.15) is 0 Å². The van der Waals surface area contributed by atoms with Crippen LogP contribution in [0, 0.1) is 0 Å². The summed E-state index contributed by atoms with van der Waals surface area (Å²) in [7, 11) is 5.38. The molecule has 0 saturated heterocycles. The van der Waals surface area contributed by atoms with Crippen molar-refractivity contribution in [2.45, 2.75) is 25.5 Å². The summed E-state index contributed by atoms with van der Waals surface area (Å²) in [5, 5.41) is 3.22. The van der Waals surface area contributed by atoms with Crippen molar-refractivity contribution >= 4 is 0 Å². The van der Waals surface area contributed by atoms with Crippen LogP contribution in [0.2, 0.25) is 0 Å². The van der Waals surface area contributed by atoms with Gasteiger partial charge in [-0.1, -0.05) is 12.1 Å². The normalized spacial score (nSPS) is 14.5. The first-order valence-corrected chi connectivity index (χ1v) is 5.55. The second-order valence-electron chi connectivity index (χ2n) is 3.92. The maximum Gasteiger partial charge on any atom is 0.118 e. The summed E-state index contributed by atoms with van der Waals surface area (Å²) in [4.78, 5) is 0. The number of hydrogen-bond acceptors (Lipinski definition) is 3. The van der Waals surface area contributed by atoms with Crippen molar-refractivity contribution in [1.82, 2.24) is 5.32 Å². The number of hydrogen-bond donors (Lipinski definition) is 1. The molecule has 90 valence electrons. The van der Waals surface area contributed by atoms with Gasteiger partial charge in [-0.15, -0.1) is 0 Å². The first kappa shape index (κ1) is 13.0. The van der Waals surface area contributed by atoms with E-state index in [1.54, 1.807) is 14.2 Å². The first-order chi connectivity index (χ1) is 7.71. The average Bonchev–Trinajstić information content (AvgIpc) is 2.35. The lowest BCUT2D eigenvalue weighted by Crippen LogP contribution is -2.24. The van der Waals surface area contributed by atoms with Gasteiger partial charge < -0.3 is 14.8 Å². The monoisotopic (exact) mass is 223 g/mol. The van der Waals surface area contributed by atoms with Gasteiger partial charge in [-0.05, 0) is 38.1 Å². The quantitative estimate of drug-likeness (QED) is 0.803. The molecule has 1 aromatic carbocycles. The summed E-state index contributed by atoms with van der Waals surface area (Å²) in [6.07, 6.45) is 1.09. The van der Waals surface area contributed by atoms with E-state index in [0.717, 1.165) is 12.2 Å². The summed E-state index contributed by atoms with van der Waals surface area (Å²) >= 11 is 0. The van der Waals surface area contributed by atoms with Gasteiger partial charge in [0.1, 0.15) is 5.75 Å².